The second-order valence-electron chi connectivity index (χ2n) is 6.26. The summed E-state index contributed by atoms with van der Waals surface area (Å²) in [6, 6.07) is 5.62. The van der Waals surface area contributed by atoms with E-state index in [9.17, 15) is 4.79 Å². The molecule has 0 spiro atoms. The first-order chi connectivity index (χ1) is 10.6. The highest BCUT2D eigenvalue weighted by Crippen LogP contribution is 2.18. The van der Waals surface area contributed by atoms with Gasteiger partial charge >= 0.3 is 0 Å². The molecule has 1 aliphatic heterocycles. The standard InChI is InChI=1S/C17H22N4O/c1-12(2)6-9-21-10-7-13-15(11-21)19-16(20-17(13)22)14-5-3-4-8-18-14/h3-5,8,12H,6-7,9-11H2,1-2H3,(H,19,20,22). The van der Waals surface area contributed by atoms with Crippen molar-refractivity contribution in [3.8, 4) is 11.5 Å². The first-order valence-electron chi connectivity index (χ1n) is 7.89. The average Bonchev–Trinajstić information content (AvgIpc) is 2.53. The van der Waals surface area contributed by atoms with E-state index in [-0.39, 0.29) is 5.56 Å². The minimum atomic E-state index is -0.0193. The topological polar surface area (TPSA) is 61.9 Å². The Labute approximate surface area is 130 Å². The molecule has 0 atom stereocenters. The fourth-order valence-electron chi connectivity index (χ4n) is 2.75. The van der Waals surface area contributed by atoms with Crippen LogP contribution in [0.25, 0.3) is 11.5 Å². The number of pyridine rings is 1. The van der Waals surface area contributed by atoms with Crippen LogP contribution in [0.1, 0.15) is 31.5 Å². The van der Waals surface area contributed by atoms with Crippen molar-refractivity contribution in [3.05, 3.63) is 46.0 Å². The van der Waals surface area contributed by atoms with E-state index in [1.54, 1.807) is 6.20 Å². The zero-order valence-electron chi connectivity index (χ0n) is 13.2. The number of H-pyrrole nitrogens is 1. The van der Waals surface area contributed by atoms with Crippen LogP contribution in [0.15, 0.2) is 29.2 Å². The molecule has 3 heterocycles. The van der Waals surface area contributed by atoms with Crippen LogP contribution in [0, 0.1) is 5.92 Å². The van der Waals surface area contributed by atoms with Crippen molar-refractivity contribution in [3.63, 3.8) is 0 Å². The van der Waals surface area contributed by atoms with Crippen LogP contribution < -0.4 is 5.56 Å². The van der Waals surface area contributed by atoms with Crippen molar-refractivity contribution in [2.45, 2.75) is 33.2 Å². The molecule has 0 saturated carbocycles. The number of nitrogens with zero attached hydrogens (tertiary/aromatic N) is 3. The molecule has 1 N–H and O–H groups in total. The summed E-state index contributed by atoms with van der Waals surface area (Å²) in [4.78, 5) is 26.5. The molecule has 0 unspecified atom stereocenters. The first kappa shape index (κ1) is 14.9. The van der Waals surface area contributed by atoms with Crippen LogP contribution in [0.4, 0.5) is 0 Å². The fourth-order valence-corrected chi connectivity index (χ4v) is 2.75. The number of hydrogen-bond donors (Lipinski definition) is 1. The Morgan fingerprint density at radius 3 is 2.95 bits per heavy atom. The predicted octanol–water partition coefficient (Wildman–Crippen LogP) is 2.24. The lowest BCUT2D eigenvalue weighted by Gasteiger charge is -2.28. The van der Waals surface area contributed by atoms with Gasteiger partial charge in [0.1, 0.15) is 5.69 Å². The highest BCUT2D eigenvalue weighted by Gasteiger charge is 2.21. The largest absolute Gasteiger partial charge is 0.305 e. The lowest BCUT2D eigenvalue weighted by molar-refractivity contribution is 0.235. The maximum absolute atomic E-state index is 12.3. The zero-order valence-corrected chi connectivity index (χ0v) is 13.2. The summed E-state index contributed by atoms with van der Waals surface area (Å²) in [5, 5.41) is 0. The Morgan fingerprint density at radius 1 is 1.36 bits per heavy atom. The summed E-state index contributed by atoms with van der Waals surface area (Å²) in [7, 11) is 0. The third-order valence-corrected chi connectivity index (χ3v) is 4.08. The predicted molar refractivity (Wildman–Crippen MR) is 86.5 cm³/mol. The molecule has 2 aromatic heterocycles. The minimum Gasteiger partial charge on any atom is -0.305 e. The first-order valence-corrected chi connectivity index (χ1v) is 7.89. The molecule has 116 valence electrons. The van der Waals surface area contributed by atoms with Gasteiger partial charge in [-0.3, -0.25) is 14.7 Å². The third-order valence-electron chi connectivity index (χ3n) is 4.08. The summed E-state index contributed by atoms with van der Waals surface area (Å²) in [5.74, 6) is 1.26. The minimum absolute atomic E-state index is 0.0193. The third kappa shape index (κ3) is 3.25. The van der Waals surface area contributed by atoms with E-state index in [1.165, 1.54) is 6.42 Å². The molecular weight excluding hydrogens is 276 g/mol. The van der Waals surface area contributed by atoms with Gasteiger partial charge in [0.25, 0.3) is 5.56 Å². The van der Waals surface area contributed by atoms with Gasteiger partial charge in [-0.05, 0) is 37.4 Å². The molecule has 0 aromatic carbocycles. The van der Waals surface area contributed by atoms with Gasteiger partial charge in [-0.2, -0.15) is 0 Å². The Bertz CT molecular complexity index is 694. The number of hydrogen-bond acceptors (Lipinski definition) is 4. The fraction of sp³-hybridized carbons (Fsp3) is 0.471. The van der Waals surface area contributed by atoms with E-state index in [1.807, 2.05) is 18.2 Å². The van der Waals surface area contributed by atoms with Gasteiger partial charge in [0.2, 0.25) is 0 Å². The molecule has 5 nitrogen and oxygen atoms in total. The molecule has 0 radical (unpaired) electrons. The van der Waals surface area contributed by atoms with E-state index in [4.69, 9.17) is 0 Å². The number of aromatic nitrogens is 3. The summed E-state index contributed by atoms with van der Waals surface area (Å²) < 4.78 is 0. The Morgan fingerprint density at radius 2 is 2.23 bits per heavy atom. The summed E-state index contributed by atoms with van der Waals surface area (Å²) in [5.41, 5.74) is 2.43. The molecule has 2 aromatic rings. The molecule has 5 heteroatoms. The van der Waals surface area contributed by atoms with Crippen LogP contribution in [-0.2, 0) is 13.0 Å². The molecule has 0 amide bonds. The van der Waals surface area contributed by atoms with Crippen molar-refractivity contribution >= 4 is 0 Å². The van der Waals surface area contributed by atoms with Crippen molar-refractivity contribution in [1.82, 2.24) is 19.9 Å². The van der Waals surface area contributed by atoms with Gasteiger partial charge in [-0.15, -0.1) is 0 Å². The summed E-state index contributed by atoms with van der Waals surface area (Å²) >= 11 is 0. The van der Waals surface area contributed by atoms with Crippen LogP contribution in [0.5, 0.6) is 0 Å². The average molecular weight is 298 g/mol. The van der Waals surface area contributed by atoms with Crippen molar-refractivity contribution in [1.29, 1.82) is 0 Å². The van der Waals surface area contributed by atoms with Crippen LogP contribution in [-0.4, -0.2) is 32.9 Å². The van der Waals surface area contributed by atoms with Gasteiger partial charge < -0.3 is 4.98 Å². The maximum Gasteiger partial charge on any atom is 0.254 e. The van der Waals surface area contributed by atoms with Gasteiger partial charge in [0.05, 0.1) is 5.69 Å². The van der Waals surface area contributed by atoms with Crippen molar-refractivity contribution in [2.75, 3.05) is 13.1 Å². The lowest BCUT2D eigenvalue weighted by Crippen LogP contribution is -2.36. The molecule has 3 rings (SSSR count). The SMILES string of the molecule is CC(C)CCN1CCc2c(nc(-c3ccccn3)[nH]c2=O)C1. The molecule has 0 saturated heterocycles. The second-order valence-corrected chi connectivity index (χ2v) is 6.26. The van der Waals surface area contributed by atoms with E-state index >= 15 is 0 Å². The number of nitrogens with one attached hydrogen (secondary N) is 1. The highest BCUT2D eigenvalue weighted by atomic mass is 16.1. The summed E-state index contributed by atoms with van der Waals surface area (Å²) in [6.45, 7) is 7.23. The normalized spacial score (nSPS) is 15.0. The monoisotopic (exact) mass is 298 g/mol. The van der Waals surface area contributed by atoms with Crippen LogP contribution >= 0.6 is 0 Å². The zero-order chi connectivity index (χ0) is 15.5. The second kappa shape index (κ2) is 6.40. The molecule has 1 aliphatic rings. The van der Waals surface area contributed by atoms with Gasteiger partial charge in [0, 0.05) is 24.8 Å². The molecule has 0 fully saturated rings. The van der Waals surface area contributed by atoms with Crippen molar-refractivity contribution < 1.29 is 0 Å². The van der Waals surface area contributed by atoms with E-state index < -0.39 is 0 Å². The van der Waals surface area contributed by atoms with Crippen molar-refractivity contribution in [2.24, 2.45) is 5.92 Å². The molecule has 0 bridgehead atoms. The van der Waals surface area contributed by atoms with Gasteiger partial charge in [-0.1, -0.05) is 19.9 Å². The summed E-state index contributed by atoms with van der Waals surface area (Å²) in [6.07, 6.45) is 3.66. The Hall–Kier alpha value is -2.01. The lowest BCUT2D eigenvalue weighted by atomic mass is 10.0. The van der Waals surface area contributed by atoms with Gasteiger partial charge in [0.15, 0.2) is 5.82 Å². The maximum atomic E-state index is 12.3. The number of fused-ring (bicyclic) bond motifs is 1. The Kier molecular flexibility index (Phi) is 4.34. The van der Waals surface area contributed by atoms with E-state index in [0.29, 0.717) is 17.4 Å². The van der Waals surface area contributed by atoms with Crippen LogP contribution in [0.2, 0.25) is 0 Å². The molecule has 0 aliphatic carbocycles. The quantitative estimate of drug-likeness (QED) is 0.940. The van der Waals surface area contributed by atoms with E-state index in [2.05, 4.69) is 33.7 Å². The highest BCUT2D eigenvalue weighted by molar-refractivity contribution is 5.49. The van der Waals surface area contributed by atoms with Gasteiger partial charge in [-0.25, -0.2) is 4.98 Å². The number of aromatic amines is 1. The Balaban J connectivity index is 1.86. The van der Waals surface area contributed by atoms with Crippen LogP contribution in [0.3, 0.4) is 0 Å². The smallest absolute Gasteiger partial charge is 0.254 e. The number of rotatable bonds is 4. The molecular formula is C17H22N4O. The van der Waals surface area contributed by atoms with E-state index in [0.717, 1.165) is 37.3 Å². The molecule has 22 heavy (non-hydrogen) atoms.